The van der Waals surface area contributed by atoms with E-state index >= 15 is 0 Å². The van der Waals surface area contributed by atoms with Gasteiger partial charge in [0, 0.05) is 10.8 Å². The second kappa shape index (κ2) is 4.68. The molecule has 128 valence electrons. The molecular weight excluding hydrogens is 293 g/mol. The molecule has 0 amide bonds. The maximum atomic E-state index is 14.9. The van der Waals surface area contributed by atoms with Crippen LogP contribution < -0.4 is 5.73 Å². The minimum absolute atomic E-state index is 0.0589. The van der Waals surface area contributed by atoms with Crippen molar-refractivity contribution in [1.29, 1.82) is 0 Å². The van der Waals surface area contributed by atoms with E-state index in [2.05, 4.69) is 13.0 Å². The molecule has 0 saturated heterocycles. The van der Waals surface area contributed by atoms with Crippen LogP contribution >= 0.6 is 0 Å². The van der Waals surface area contributed by atoms with Crippen molar-refractivity contribution in [3.8, 4) is 0 Å². The highest BCUT2D eigenvalue weighted by Crippen LogP contribution is 2.66. The van der Waals surface area contributed by atoms with Gasteiger partial charge in [-0.15, -0.1) is 0 Å². The second-order valence-electron chi connectivity index (χ2n) is 8.74. The molecule has 4 N–H and O–H groups in total. The van der Waals surface area contributed by atoms with Crippen molar-refractivity contribution >= 4 is 0 Å². The molecule has 3 nitrogen and oxygen atoms in total. The molecule has 23 heavy (non-hydrogen) atoms. The molecule has 0 spiro atoms. The number of nitrogens with two attached hydrogens (primary N) is 1. The van der Waals surface area contributed by atoms with Crippen LogP contribution in [0, 0.1) is 28.6 Å². The number of alkyl halides is 1. The summed E-state index contributed by atoms with van der Waals surface area (Å²) in [5.41, 5.74) is 6.49. The fraction of sp³-hybridized carbons (Fsp3) is 0.789. The quantitative estimate of drug-likeness (QED) is 0.475. The molecule has 0 bridgehead atoms. The van der Waals surface area contributed by atoms with Gasteiger partial charge in [-0.25, -0.2) is 4.39 Å². The third kappa shape index (κ3) is 1.92. The lowest BCUT2D eigenvalue weighted by molar-refractivity contribution is -0.104. The predicted molar refractivity (Wildman–Crippen MR) is 87.0 cm³/mol. The van der Waals surface area contributed by atoms with Crippen molar-refractivity contribution in [2.75, 3.05) is 0 Å². The van der Waals surface area contributed by atoms with E-state index in [4.69, 9.17) is 5.73 Å². The van der Waals surface area contributed by atoms with Crippen LogP contribution in [0.4, 0.5) is 4.39 Å². The molecule has 4 rings (SSSR count). The van der Waals surface area contributed by atoms with Crippen LogP contribution in [0.3, 0.4) is 0 Å². The number of hydrogen-bond donors (Lipinski definition) is 3. The molecule has 0 heterocycles. The highest BCUT2D eigenvalue weighted by molar-refractivity contribution is 5.34. The van der Waals surface area contributed by atoms with E-state index in [1.807, 2.05) is 19.1 Å². The summed E-state index contributed by atoms with van der Waals surface area (Å²) in [5, 5.41) is 20.8. The van der Waals surface area contributed by atoms with Crippen molar-refractivity contribution in [3.63, 3.8) is 0 Å². The van der Waals surface area contributed by atoms with Crippen LogP contribution in [0.15, 0.2) is 23.8 Å². The number of fused-ring (bicyclic) bond motifs is 5. The van der Waals surface area contributed by atoms with Crippen LogP contribution in [-0.4, -0.2) is 28.2 Å². The number of rotatable bonds is 0. The van der Waals surface area contributed by atoms with E-state index in [0.717, 1.165) is 24.8 Å². The average molecular weight is 321 g/mol. The summed E-state index contributed by atoms with van der Waals surface area (Å²) in [4.78, 5) is 0. The zero-order valence-electron chi connectivity index (χ0n) is 14.0. The Hall–Kier alpha value is -0.710. The summed E-state index contributed by atoms with van der Waals surface area (Å²) in [7, 11) is 0. The van der Waals surface area contributed by atoms with Crippen LogP contribution in [0.5, 0.6) is 0 Å². The Balaban J connectivity index is 1.77. The second-order valence-corrected chi connectivity index (χ2v) is 8.74. The molecule has 4 heteroatoms. The Morgan fingerprint density at radius 3 is 2.61 bits per heavy atom. The van der Waals surface area contributed by atoms with Gasteiger partial charge < -0.3 is 10.2 Å². The van der Waals surface area contributed by atoms with Crippen LogP contribution in [0.2, 0.25) is 0 Å². The normalized spacial score (nSPS) is 58.2. The Kier molecular flexibility index (Phi) is 3.21. The van der Waals surface area contributed by atoms with E-state index in [0.29, 0.717) is 18.8 Å². The Bertz CT molecular complexity index is 586. The molecule has 4 aliphatic carbocycles. The molecular formula is C19H28FNO2. The molecule has 8 atom stereocenters. The van der Waals surface area contributed by atoms with Gasteiger partial charge in [0.1, 0.15) is 0 Å². The Morgan fingerprint density at radius 2 is 1.87 bits per heavy atom. The predicted octanol–water partition coefficient (Wildman–Crippen LogP) is 2.68. The first-order valence-corrected chi connectivity index (χ1v) is 8.93. The number of aliphatic hydroxyl groups excluding tert-OH is 2. The van der Waals surface area contributed by atoms with Crippen molar-refractivity contribution in [2.24, 2.45) is 34.3 Å². The van der Waals surface area contributed by atoms with Crippen LogP contribution in [-0.2, 0) is 0 Å². The number of hydrogen-bond acceptors (Lipinski definition) is 3. The summed E-state index contributed by atoms with van der Waals surface area (Å²) in [6, 6.07) is 0. The highest BCUT2D eigenvalue weighted by Gasteiger charge is 2.64. The third-order valence-electron chi connectivity index (χ3n) is 7.81. The minimum Gasteiger partial charge on any atom is -0.389 e. The monoisotopic (exact) mass is 321 g/mol. The van der Waals surface area contributed by atoms with Gasteiger partial charge in [-0.05, 0) is 49.9 Å². The molecule has 2 fully saturated rings. The van der Waals surface area contributed by atoms with E-state index < -0.39 is 23.4 Å². The van der Waals surface area contributed by atoms with E-state index in [-0.39, 0.29) is 17.3 Å². The molecule has 4 aliphatic rings. The molecule has 2 saturated carbocycles. The van der Waals surface area contributed by atoms with Gasteiger partial charge >= 0.3 is 0 Å². The molecule has 3 unspecified atom stereocenters. The fourth-order valence-electron chi connectivity index (χ4n) is 6.25. The number of halogens is 1. The molecule has 0 aromatic carbocycles. The maximum absolute atomic E-state index is 14.9. The zero-order valence-corrected chi connectivity index (χ0v) is 14.0. The van der Waals surface area contributed by atoms with Crippen molar-refractivity contribution < 1.29 is 14.6 Å². The van der Waals surface area contributed by atoms with Gasteiger partial charge in [0.25, 0.3) is 0 Å². The fourth-order valence-corrected chi connectivity index (χ4v) is 6.25. The van der Waals surface area contributed by atoms with Gasteiger partial charge in [0.2, 0.25) is 0 Å². The van der Waals surface area contributed by atoms with Crippen molar-refractivity contribution in [3.05, 3.63) is 23.8 Å². The lowest BCUT2D eigenvalue weighted by atomic mass is 9.48. The van der Waals surface area contributed by atoms with Gasteiger partial charge in [0.15, 0.2) is 5.79 Å². The SMILES string of the molecule is C[C@]12C=CC(O)CC1=CC(O)[C@@H]1[C@H]2CC[C@@]2(C)[C@H]1CCC2(N)F. The largest absolute Gasteiger partial charge is 0.389 e. The summed E-state index contributed by atoms with van der Waals surface area (Å²) >= 11 is 0. The molecule has 0 aromatic rings. The van der Waals surface area contributed by atoms with Gasteiger partial charge in [-0.2, -0.15) is 0 Å². The lowest BCUT2D eigenvalue weighted by Crippen LogP contribution is -2.58. The maximum Gasteiger partial charge on any atom is 0.164 e. The van der Waals surface area contributed by atoms with E-state index in [9.17, 15) is 14.6 Å². The first-order valence-electron chi connectivity index (χ1n) is 8.93. The topological polar surface area (TPSA) is 66.5 Å². The Labute approximate surface area is 137 Å². The molecule has 0 aromatic heterocycles. The first kappa shape index (κ1) is 15.8. The van der Waals surface area contributed by atoms with Crippen molar-refractivity contribution in [2.45, 2.75) is 64.0 Å². The summed E-state index contributed by atoms with van der Waals surface area (Å²) < 4.78 is 14.9. The van der Waals surface area contributed by atoms with Crippen LogP contribution in [0.1, 0.15) is 46.0 Å². The standard InChI is InChI=1S/C19H28FNO2/c1-17-6-3-12(22)9-11(17)10-15(23)16-13(17)4-7-18(2)14(16)5-8-19(18,20)21/h3,6,10,12-16,22-23H,4-5,7-9,21H2,1-2H3/t12?,13-,14+,15?,16-,17+,18+,19?/m1/s1. The average Bonchev–Trinajstić information content (AvgIpc) is 2.72. The van der Waals surface area contributed by atoms with Gasteiger partial charge in [-0.1, -0.05) is 37.6 Å². The zero-order chi connectivity index (χ0) is 16.6. The summed E-state index contributed by atoms with van der Waals surface area (Å²) in [6.45, 7) is 4.20. The molecule has 0 aliphatic heterocycles. The van der Waals surface area contributed by atoms with Crippen LogP contribution in [0.25, 0.3) is 0 Å². The summed E-state index contributed by atoms with van der Waals surface area (Å²) in [6.07, 6.45) is 8.34. The molecule has 0 radical (unpaired) electrons. The van der Waals surface area contributed by atoms with Crippen molar-refractivity contribution in [1.82, 2.24) is 0 Å². The first-order chi connectivity index (χ1) is 10.7. The number of aliphatic hydroxyl groups is 2. The summed E-state index contributed by atoms with van der Waals surface area (Å²) in [5.74, 6) is -1.14. The van der Waals surface area contributed by atoms with Gasteiger partial charge in [-0.3, -0.25) is 5.73 Å². The minimum atomic E-state index is -1.62. The van der Waals surface area contributed by atoms with E-state index in [1.165, 1.54) is 0 Å². The lowest BCUT2D eigenvalue weighted by Gasteiger charge is -2.58. The number of allylic oxidation sites excluding steroid dienone is 1. The highest BCUT2D eigenvalue weighted by atomic mass is 19.1. The van der Waals surface area contributed by atoms with E-state index in [1.54, 1.807) is 0 Å². The smallest absolute Gasteiger partial charge is 0.164 e. The Morgan fingerprint density at radius 1 is 1.17 bits per heavy atom. The third-order valence-corrected chi connectivity index (χ3v) is 7.81. The van der Waals surface area contributed by atoms with Gasteiger partial charge in [0.05, 0.1) is 12.2 Å².